The third-order valence-corrected chi connectivity index (χ3v) is 6.91. The van der Waals surface area contributed by atoms with Gasteiger partial charge in [0.1, 0.15) is 0 Å². The van der Waals surface area contributed by atoms with Gasteiger partial charge < -0.3 is 10.2 Å². The number of carbonyl (C=O) groups is 2. The lowest BCUT2D eigenvalue weighted by Gasteiger charge is -2.15. The Labute approximate surface area is 209 Å². The highest BCUT2D eigenvalue weighted by molar-refractivity contribution is 6.37. The van der Waals surface area contributed by atoms with Crippen molar-refractivity contribution in [2.24, 2.45) is 0 Å². The fourth-order valence-corrected chi connectivity index (χ4v) is 5.30. The van der Waals surface area contributed by atoms with Gasteiger partial charge in [0.15, 0.2) is 0 Å². The molecule has 0 aliphatic rings. The van der Waals surface area contributed by atoms with E-state index in [1.165, 1.54) is 0 Å². The SMILES string of the molecule is O=C(O)c1ccc2c(c1)cc(Cc1cc(C(=O)O)cc3cc(Cl)c4ccncc4c13)c1ccncc12. The standard InChI is InChI=1S/C29H17ClN2O4/c30-26-12-19-11-20(29(35)36)10-18(27(19)25-14-32-6-4-23(25)26)9-17-8-16-7-15(28(33)34)1-2-21(16)24-13-31-5-3-22(17)24/h1-8,10-14H,9H2,(H,33,34)(H,35,36). The summed E-state index contributed by atoms with van der Waals surface area (Å²) in [5.74, 6) is -2.03. The molecule has 174 valence electrons. The van der Waals surface area contributed by atoms with Crippen LogP contribution in [0.25, 0.3) is 43.1 Å². The van der Waals surface area contributed by atoms with E-state index in [-0.39, 0.29) is 11.1 Å². The highest BCUT2D eigenvalue weighted by Crippen LogP contribution is 2.37. The maximum Gasteiger partial charge on any atom is 0.335 e. The lowest BCUT2D eigenvalue weighted by molar-refractivity contribution is 0.0686. The van der Waals surface area contributed by atoms with Gasteiger partial charge in [-0.15, -0.1) is 0 Å². The Kier molecular flexibility index (Phi) is 5.05. The lowest BCUT2D eigenvalue weighted by Crippen LogP contribution is -2.01. The van der Waals surface area contributed by atoms with Gasteiger partial charge in [0, 0.05) is 46.0 Å². The Morgan fingerprint density at radius 1 is 0.667 bits per heavy atom. The molecule has 0 unspecified atom stereocenters. The molecule has 4 aromatic carbocycles. The smallest absolute Gasteiger partial charge is 0.335 e. The molecule has 0 bridgehead atoms. The van der Waals surface area contributed by atoms with Crippen molar-refractivity contribution in [2.45, 2.75) is 6.42 Å². The van der Waals surface area contributed by atoms with Crippen LogP contribution in [0.15, 0.2) is 79.4 Å². The molecule has 0 spiro atoms. The van der Waals surface area contributed by atoms with E-state index < -0.39 is 11.9 Å². The molecule has 0 radical (unpaired) electrons. The average Bonchev–Trinajstić information content (AvgIpc) is 2.88. The minimum atomic E-state index is -1.03. The Morgan fingerprint density at radius 2 is 1.36 bits per heavy atom. The minimum Gasteiger partial charge on any atom is -0.478 e. The number of carboxylic acids is 2. The molecular weight excluding hydrogens is 476 g/mol. The van der Waals surface area contributed by atoms with Crippen molar-refractivity contribution in [3.05, 3.63) is 107 Å². The first-order valence-corrected chi connectivity index (χ1v) is 11.5. The summed E-state index contributed by atoms with van der Waals surface area (Å²) in [7, 11) is 0. The van der Waals surface area contributed by atoms with Gasteiger partial charge in [0.05, 0.1) is 11.1 Å². The molecule has 36 heavy (non-hydrogen) atoms. The molecule has 2 aromatic heterocycles. The van der Waals surface area contributed by atoms with E-state index >= 15 is 0 Å². The summed E-state index contributed by atoms with van der Waals surface area (Å²) in [6.45, 7) is 0. The number of rotatable bonds is 4. The van der Waals surface area contributed by atoms with Crippen LogP contribution in [0.5, 0.6) is 0 Å². The summed E-state index contributed by atoms with van der Waals surface area (Å²) < 4.78 is 0. The Hall–Kier alpha value is -4.55. The second-order valence-electron chi connectivity index (χ2n) is 8.69. The number of nitrogens with zero attached hydrogens (tertiary/aromatic N) is 2. The molecule has 0 aliphatic heterocycles. The van der Waals surface area contributed by atoms with Crippen LogP contribution in [0.1, 0.15) is 31.8 Å². The van der Waals surface area contributed by atoms with Crippen molar-refractivity contribution in [1.82, 2.24) is 9.97 Å². The van der Waals surface area contributed by atoms with Crippen molar-refractivity contribution in [1.29, 1.82) is 0 Å². The molecule has 0 saturated carbocycles. The highest BCUT2D eigenvalue weighted by Gasteiger charge is 2.17. The monoisotopic (exact) mass is 492 g/mol. The third kappa shape index (κ3) is 3.51. The minimum absolute atomic E-state index is 0.164. The predicted octanol–water partition coefficient (Wildman–Crippen LogP) is 6.73. The first-order valence-electron chi connectivity index (χ1n) is 11.2. The first kappa shape index (κ1) is 21.9. The zero-order valence-electron chi connectivity index (χ0n) is 18.7. The summed E-state index contributed by atoms with van der Waals surface area (Å²) in [4.78, 5) is 32.2. The van der Waals surface area contributed by atoms with Gasteiger partial charge in [0.2, 0.25) is 0 Å². The normalized spacial score (nSPS) is 11.5. The van der Waals surface area contributed by atoms with E-state index in [1.54, 1.807) is 61.2 Å². The topological polar surface area (TPSA) is 100 Å². The number of aromatic nitrogens is 2. The van der Waals surface area contributed by atoms with Crippen LogP contribution in [-0.4, -0.2) is 32.1 Å². The number of halogens is 1. The van der Waals surface area contributed by atoms with Crippen LogP contribution in [0.2, 0.25) is 5.02 Å². The average molecular weight is 493 g/mol. The maximum atomic E-state index is 12.0. The first-order chi connectivity index (χ1) is 17.4. The zero-order valence-corrected chi connectivity index (χ0v) is 19.5. The van der Waals surface area contributed by atoms with E-state index in [0.717, 1.165) is 54.2 Å². The maximum absolute atomic E-state index is 12.0. The van der Waals surface area contributed by atoms with E-state index in [0.29, 0.717) is 11.4 Å². The molecule has 0 saturated heterocycles. The lowest BCUT2D eigenvalue weighted by atomic mass is 9.89. The highest BCUT2D eigenvalue weighted by atomic mass is 35.5. The molecule has 0 aliphatic carbocycles. The predicted molar refractivity (Wildman–Crippen MR) is 140 cm³/mol. The van der Waals surface area contributed by atoms with Crippen LogP contribution in [-0.2, 0) is 6.42 Å². The van der Waals surface area contributed by atoms with Gasteiger partial charge in [-0.3, -0.25) is 9.97 Å². The molecule has 0 atom stereocenters. The van der Waals surface area contributed by atoms with Crippen molar-refractivity contribution < 1.29 is 19.8 Å². The summed E-state index contributed by atoms with van der Waals surface area (Å²) >= 11 is 6.53. The molecule has 2 N–H and O–H groups in total. The fraction of sp³-hybridized carbons (Fsp3) is 0.0345. The third-order valence-electron chi connectivity index (χ3n) is 6.59. The van der Waals surface area contributed by atoms with Gasteiger partial charge >= 0.3 is 11.9 Å². The summed E-state index contributed by atoms with van der Waals surface area (Å²) in [6.07, 6.45) is 7.32. The number of aromatic carboxylic acids is 2. The zero-order chi connectivity index (χ0) is 25.0. The molecule has 0 fully saturated rings. The molecule has 6 aromatic rings. The second-order valence-corrected chi connectivity index (χ2v) is 9.10. The number of benzene rings is 4. The number of fused-ring (bicyclic) bond motifs is 6. The van der Waals surface area contributed by atoms with E-state index in [2.05, 4.69) is 9.97 Å². The van der Waals surface area contributed by atoms with Gasteiger partial charge in [-0.05, 0) is 86.9 Å². The molecule has 6 rings (SSSR count). The Balaban J connectivity index is 1.67. The number of pyridine rings is 2. The van der Waals surface area contributed by atoms with Crippen LogP contribution in [0, 0.1) is 0 Å². The van der Waals surface area contributed by atoms with Crippen LogP contribution < -0.4 is 0 Å². The quantitative estimate of drug-likeness (QED) is 0.265. The van der Waals surface area contributed by atoms with Crippen molar-refractivity contribution >= 4 is 66.6 Å². The largest absolute Gasteiger partial charge is 0.478 e. The Morgan fingerprint density at radius 3 is 2.11 bits per heavy atom. The molecule has 6 nitrogen and oxygen atoms in total. The number of carboxylic acid groups (broad SMARTS) is 2. The second kappa shape index (κ2) is 8.29. The van der Waals surface area contributed by atoms with Crippen LogP contribution >= 0.6 is 11.6 Å². The van der Waals surface area contributed by atoms with Gasteiger partial charge in [-0.1, -0.05) is 23.7 Å². The van der Waals surface area contributed by atoms with Crippen LogP contribution in [0.3, 0.4) is 0 Å². The van der Waals surface area contributed by atoms with E-state index in [1.807, 2.05) is 18.2 Å². The molecule has 7 heteroatoms. The summed E-state index contributed by atoms with van der Waals surface area (Å²) in [5.41, 5.74) is 2.10. The fourth-order valence-electron chi connectivity index (χ4n) is 5.01. The van der Waals surface area contributed by atoms with Crippen molar-refractivity contribution in [3.63, 3.8) is 0 Å². The molecule has 2 heterocycles. The van der Waals surface area contributed by atoms with Crippen molar-refractivity contribution in [2.75, 3.05) is 0 Å². The van der Waals surface area contributed by atoms with Gasteiger partial charge in [-0.25, -0.2) is 9.59 Å². The van der Waals surface area contributed by atoms with Crippen molar-refractivity contribution in [3.8, 4) is 0 Å². The Bertz CT molecular complexity index is 1900. The van der Waals surface area contributed by atoms with Gasteiger partial charge in [-0.2, -0.15) is 0 Å². The van der Waals surface area contributed by atoms with E-state index in [9.17, 15) is 19.8 Å². The number of hydrogen-bond donors (Lipinski definition) is 2. The summed E-state index contributed by atoms with van der Waals surface area (Å²) in [6, 6.07) is 15.9. The summed E-state index contributed by atoms with van der Waals surface area (Å²) in [5, 5.41) is 26.6. The number of hydrogen-bond acceptors (Lipinski definition) is 4. The van der Waals surface area contributed by atoms with E-state index in [4.69, 9.17) is 11.6 Å². The van der Waals surface area contributed by atoms with Gasteiger partial charge in [0.25, 0.3) is 0 Å². The van der Waals surface area contributed by atoms with Crippen LogP contribution in [0.4, 0.5) is 0 Å². The molecular formula is C29H17ClN2O4. The molecule has 0 amide bonds.